The number of halogens is 1. The Labute approximate surface area is 152 Å². The summed E-state index contributed by atoms with van der Waals surface area (Å²) in [5.74, 6) is -0.828. The Morgan fingerprint density at radius 3 is 2.44 bits per heavy atom. The van der Waals surface area contributed by atoms with Gasteiger partial charge in [-0.25, -0.2) is 4.79 Å². The molecule has 6 heteroatoms. The van der Waals surface area contributed by atoms with E-state index in [0.29, 0.717) is 10.7 Å². The van der Waals surface area contributed by atoms with Gasteiger partial charge in [0, 0.05) is 16.4 Å². The van der Waals surface area contributed by atoms with Crippen molar-refractivity contribution in [3.63, 3.8) is 0 Å². The van der Waals surface area contributed by atoms with Crippen molar-refractivity contribution >= 4 is 34.9 Å². The number of hydrogen-bond donors (Lipinski definition) is 2. The second kappa shape index (κ2) is 8.03. The fraction of sp³-hybridized carbons (Fsp3) is 0.263. The van der Waals surface area contributed by atoms with Crippen molar-refractivity contribution < 1.29 is 14.3 Å². The number of anilines is 2. The molecule has 0 saturated carbocycles. The molecule has 0 aliphatic carbocycles. The van der Waals surface area contributed by atoms with E-state index in [1.54, 1.807) is 0 Å². The van der Waals surface area contributed by atoms with Crippen molar-refractivity contribution in [2.75, 3.05) is 11.1 Å². The van der Waals surface area contributed by atoms with Crippen LogP contribution in [0, 0.1) is 0 Å². The van der Waals surface area contributed by atoms with E-state index in [9.17, 15) is 9.59 Å². The lowest BCUT2D eigenvalue weighted by molar-refractivity contribution is -0.123. The van der Waals surface area contributed by atoms with Gasteiger partial charge >= 0.3 is 5.97 Å². The summed E-state index contributed by atoms with van der Waals surface area (Å²) < 4.78 is 5.22. The molecule has 5 nitrogen and oxygen atoms in total. The summed E-state index contributed by atoms with van der Waals surface area (Å²) in [6.07, 6.45) is -0.970. The number of nitrogens with one attached hydrogen (secondary N) is 1. The van der Waals surface area contributed by atoms with Crippen molar-refractivity contribution in [2.45, 2.75) is 32.8 Å². The summed E-state index contributed by atoms with van der Waals surface area (Å²) in [5, 5.41) is 3.23. The van der Waals surface area contributed by atoms with Gasteiger partial charge in [-0.05, 0) is 42.7 Å². The maximum atomic E-state index is 12.4. The molecule has 0 unspecified atom stereocenters. The van der Waals surface area contributed by atoms with Crippen LogP contribution in [0.4, 0.5) is 11.4 Å². The largest absolute Gasteiger partial charge is 0.449 e. The molecule has 2 rings (SSSR count). The molecular formula is C19H21ClN2O3. The molecule has 1 amide bonds. The third-order valence-corrected chi connectivity index (χ3v) is 3.96. The summed E-state index contributed by atoms with van der Waals surface area (Å²) in [5.41, 5.74) is 7.86. The number of carbonyl (C=O) groups excluding carboxylic acids is 2. The standard InChI is InChI=1S/C19H21ClN2O3/c1-11(2)14-6-4-5-7-17(14)22-18(23)12(3)25-19(24)15-9-8-13(20)10-16(15)21/h4-12H,21H2,1-3H3,(H,22,23)/t12-/m0/s1. The summed E-state index contributed by atoms with van der Waals surface area (Å²) in [7, 11) is 0. The number of para-hydroxylation sites is 1. The SMILES string of the molecule is CC(C)c1ccccc1NC(=O)[C@H](C)OC(=O)c1ccc(Cl)cc1N. The first-order valence-electron chi connectivity index (χ1n) is 7.95. The predicted octanol–water partition coefficient (Wildman–Crippen LogP) is 4.23. The van der Waals surface area contributed by atoms with Crippen LogP contribution in [0.5, 0.6) is 0 Å². The number of nitrogens with two attached hydrogens (primary N) is 1. The monoisotopic (exact) mass is 360 g/mol. The van der Waals surface area contributed by atoms with Crippen molar-refractivity contribution in [1.82, 2.24) is 0 Å². The summed E-state index contributed by atoms with van der Waals surface area (Å²) in [4.78, 5) is 24.5. The number of rotatable bonds is 5. The van der Waals surface area contributed by atoms with E-state index >= 15 is 0 Å². The Balaban J connectivity index is 2.07. The second-order valence-electron chi connectivity index (χ2n) is 6.01. The lowest BCUT2D eigenvalue weighted by Gasteiger charge is -2.17. The Kier molecular flexibility index (Phi) is 6.04. The van der Waals surface area contributed by atoms with Gasteiger partial charge in [0.15, 0.2) is 6.10 Å². The highest BCUT2D eigenvalue weighted by molar-refractivity contribution is 6.31. The van der Waals surface area contributed by atoms with Crippen molar-refractivity contribution in [3.05, 3.63) is 58.6 Å². The van der Waals surface area contributed by atoms with Gasteiger partial charge in [0.25, 0.3) is 5.91 Å². The first kappa shape index (κ1) is 18.8. The second-order valence-corrected chi connectivity index (χ2v) is 6.45. The Bertz CT molecular complexity index is 790. The minimum atomic E-state index is -0.970. The van der Waals surface area contributed by atoms with Crippen LogP contribution in [-0.4, -0.2) is 18.0 Å². The highest BCUT2D eigenvalue weighted by Gasteiger charge is 2.21. The van der Waals surface area contributed by atoms with Crippen molar-refractivity contribution in [2.24, 2.45) is 0 Å². The van der Waals surface area contributed by atoms with Crippen LogP contribution in [0.25, 0.3) is 0 Å². The van der Waals surface area contributed by atoms with Gasteiger partial charge in [-0.2, -0.15) is 0 Å². The number of ether oxygens (including phenoxy) is 1. The summed E-state index contributed by atoms with van der Waals surface area (Å²) in [6.45, 7) is 5.59. The molecule has 1 atom stereocenters. The Morgan fingerprint density at radius 2 is 1.80 bits per heavy atom. The lowest BCUT2D eigenvalue weighted by Crippen LogP contribution is -2.30. The average Bonchev–Trinajstić information content (AvgIpc) is 2.54. The van der Waals surface area contributed by atoms with Crippen LogP contribution in [0.2, 0.25) is 5.02 Å². The first-order valence-corrected chi connectivity index (χ1v) is 8.33. The fourth-order valence-corrected chi connectivity index (χ4v) is 2.53. The molecule has 2 aromatic rings. The van der Waals surface area contributed by atoms with Gasteiger partial charge in [-0.15, -0.1) is 0 Å². The smallest absolute Gasteiger partial charge is 0.341 e. The lowest BCUT2D eigenvalue weighted by atomic mass is 10.0. The molecule has 0 radical (unpaired) electrons. The van der Waals surface area contributed by atoms with Crippen LogP contribution >= 0.6 is 11.6 Å². The maximum absolute atomic E-state index is 12.4. The average molecular weight is 361 g/mol. The third kappa shape index (κ3) is 4.73. The van der Waals surface area contributed by atoms with Crippen LogP contribution in [0.1, 0.15) is 42.6 Å². The molecule has 3 N–H and O–H groups in total. The van der Waals surface area contributed by atoms with Gasteiger partial charge in [0.1, 0.15) is 0 Å². The van der Waals surface area contributed by atoms with Crippen molar-refractivity contribution in [3.8, 4) is 0 Å². The normalized spacial score (nSPS) is 11.9. The van der Waals surface area contributed by atoms with Crippen LogP contribution < -0.4 is 11.1 Å². The molecule has 132 valence electrons. The molecule has 25 heavy (non-hydrogen) atoms. The molecule has 0 aliphatic heterocycles. The minimum Gasteiger partial charge on any atom is -0.449 e. The van der Waals surface area contributed by atoms with Crippen LogP contribution in [-0.2, 0) is 9.53 Å². The van der Waals surface area contributed by atoms with Gasteiger partial charge in [0.2, 0.25) is 0 Å². The minimum absolute atomic E-state index is 0.173. The van der Waals surface area contributed by atoms with E-state index in [4.69, 9.17) is 22.1 Å². The Morgan fingerprint density at radius 1 is 1.12 bits per heavy atom. The zero-order valence-corrected chi connectivity index (χ0v) is 15.1. The van der Waals surface area contributed by atoms with E-state index in [1.807, 2.05) is 38.1 Å². The number of nitrogen functional groups attached to an aromatic ring is 1. The zero-order chi connectivity index (χ0) is 18.6. The fourth-order valence-electron chi connectivity index (χ4n) is 2.35. The zero-order valence-electron chi connectivity index (χ0n) is 14.4. The molecule has 0 saturated heterocycles. The number of hydrogen-bond acceptors (Lipinski definition) is 4. The number of esters is 1. The van der Waals surface area contributed by atoms with Gasteiger partial charge < -0.3 is 15.8 Å². The van der Waals surface area contributed by atoms with Crippen molar-refractivity contribution in [1.29, 1.82) is 0 Å². The molecule has 0 bridgehead atoms. The molecule has 0 aromatic heterocycles. The van der Waals surface area contributed by atoms with E-state index in [1.165, 1.54) is 25.1 Å². The molecule has 0 aliphatic rings. The predicted molar refractivity (Wildman–Crippen MR) is 99.9 cm³/mol. The van der Waals surface area contributed by atoms with Gasteiger partial charge in [-0.1, -0.05) is 43.6 Å². The number of carbonyl (C=O) groups is 2. The summed E-state index contributed by atoms with van der Waals surface area (Å²) in [6, 6.07) is 12.0. The highest BCUT2D eigenvalue weighted by Crippen LogP contribution is 2.24. The highest BCUT2D eigenvalue weighted by atomic mass is 35.5. The molecule has 0 fully saturated rings. The van der Waals surface area contributed by atoms with Gasteiger partial charge in [-0.3, -0.25) is 4.79 Å². The third-order valence-electron chi connectivity index (χ3n) is 3.73. The molecular weight excluding hydrogens is 340 g/mol. The maximum Gasteiger partial charge on any atom is 0.341 e. The molecule has 0 heterocycles. The number of amides is 1. The Hall–Kier alpha value is -2.53. The van der Waals surface area contributed by atoms with E-state index in [2.05, 4.69) is 5.32 Å². The number of benzene rings is 2. The van der Waals surface area contributed by atoms with Gasteiger partial charge in [0.05, 0.1) is 5.56 Å². The topological polar surface area (TPSA) is 81.4 Å². The van der Waals surface area contributed by atoms with E-state index in [-0.39, 0.29) is 17.2 Å². The summed E-state index contributed by atoms with van der Waals surface area (Å²) >= 11 is 5.81. The van der Waals surface area contributed by atoms with Crippen LogP contribution in [0.15, 0.2) is 42.5 Å². The first-order chi connectivity index (χ1) is 11.8. The molecule has 2 aromatic carbocycles. The van der Waals surface area contributed by atoms with E-state index in [0.717, 1.165) is 5.56 Å². The van der Waals surface area contributed by atoms with Crippen LogP contribution in [0.3, 0.4) is 0 Å². The quantitative estimate of drug-likeness (QED) is 0.617. The van der Waals surface area contributed by atoms with E-state index < -0.39 is 18.0 Å². The molecule has 0 spiro atoms.